The van der Waals surface area contributed by atoms with Crippen LogP contribution < -0.4 is 0 Å². The molecule has 0 amide bonds. The van der Waals surface area contributed by atoms with Crippen molar-refractivity contribution in [3.8, 4) is 10.7 Å². The van der Waals surface area contributed by atoms with Crippen LogP contribution in [0.5, 0.6) is 0 Å². The number of hydrogen-bond donors (Lipinski definition) is 1. The lowest BCUT2D eigenvalue weighted by Crippen LogP contribution is -2.06. The molecule has 2 rings (SSSR count). The quantitative estimate of drug-likeness (QED) is 0.847. The van der Waals surface area contributed by atoms with Gasteiger partial charge in [0.05, 0.1) is 15.6 Å². The molecule has 1 unspecified atom stereocenters. The zero-order valence-corrected chi connectivity index (χ0v) is 13.7. The van der Waals surface area contributed by atoms with Crippen LogP contribution in [0.15, 0.2) is 0 Å². The van der Waals surface area contributed by atoms with E-state index >= 15 is 0 Å². The molecule has 1 atom stereocenters. The highest BCUT2D eigenvalue weighted by Crippen LogP contribution is 2.34. The number of nitrogens with one attached hydrogen (secondary N) is 1. The Kier molecular flexibility index (Phi) is 4.20. The maximum atomic E-state index is 5.36. The molecule has 2 aromatic heterocycles. The molecular formula is C13H20N4S2. The fraction of sp³-hybridized carbons (Fsp3) is 0.615. The summed E-state index contributed by atoms with van der Waals surface area (Å²) in [5, 5.41) is 8.42. The first kappa shape index (κ1) is 14.4. The molecule has 1 N–H and O–H groups in total. The molecule has 104 valence electrons. The molecule has 0 aliphatic carbocycles. The Balaban J connectivity index is 2.63. The van der Waals surface area contributed by atoms with E-state index in [1.165, 1.54) is 0 Å². The number of aromatic amines is 1. The van der Waals surface area contributed by atoms with Gasteiger partial charge in [0.1, 0.15) is 0 Å². The zero-order valence-electron chi connectivity index (χ0n) is 12.0. The van der Waals surface area contributed by atoms with Gasteiger partial charge in [0.2, 0.25) is 0 Å². The maximum absolute atomic E-state index is 5.36. The number of rotatable bonds is 4. The maximum Gasteiger partial charge on any atom is 0.195 e. The van der Waals surface area contributed by atoms with Gasteiger partial charge >= 0.3 is 0 Å². The molecule has 0 bridgehead atoms. The van der Waals surface area contributed by atoms with E-state index in [4.69, 9.17) is 12.2 Å². The van der Waals surface area contributed by atoms with Crippen LogP contribution >= 0.6 is 23.6 Å². The second-order valence-electron chi connectivity index (χ2n) is 5.08. The number of thiazole rings is 1. The van der Waals surface area contributed by atoms with E-state index in [2.05, 4.69) is 47.4 Å². The molecule has 0 radical (unpaired) electrons. The average Bonchev–Trinajstić information content (AvgIpc) is 2.91. The molecule has 0 saturated carbocycles. The molecule has 0 saturated heterocycles. The van der Waals surface area contributed by atoms with Crippen molar-refractivity contribution in [1.29, 1.82) is 0 Å². The smallest absolute Gasteiger partial charge is 0.195 e. The highest BCUT2D eigenvalue weighted by Gasteiger charge is 2.21. The van der Waals surface area contributed by atoms with Crippen molar-refractivity contribution in [3.63, 3.8) is 0 Å². The van der Waals surface area contributed by atoms with Gasteiger partial charge in [-0.3, -0.25) is 9.67 Å². The minimum Gasteiger partial charge on any atom is -0.297 e. The van der Waals surface area contributed by atoms with Gasteiger partial charge in [-0.2, -0.15) is 5.10 Å². The van der Waals surface area contributed by atoms with E-state index in [1.807, 2.05) is 6.92 Å². The number of hydrogen-bond acceptors (Lipinski definition) is 4. The Morgan fingerprint density at radius 2 is 2.05 bits per heavy atom. The predicted molar refractivity (Wildman–Crippen MR) is 82.3 cm³/mol. The lowest BCUT2D eigenvalue weighted by Gasteiger charge is -2.13. The van der Waals surface area contributed by atoms with Crippen LogP contribution in [0.25, 0.3) is 10.7 Å². The standard InChI is InChI=1S/C13H20N4S2/c1-6-8(4)17-12(15-16-13(17)18)11-10(7(2)3)14-9(5)19-11/h7-8H,6H2,1-5H3,(H,16,18). The highest BCUT2D eigenvalue weighted by molar-refractivity contribution is 7.71. The molecule has 6 heteroatoms. The summed E-state index contributed by atoms with van der Waals surface area (Å²) in [6.07, 6.45) is 1.02. The average molecular weight is 296 g/mol. The third-order valence-electron chi connectivity index (χ3n) is 3.25. The van der Waals surface area contributed by atoms with Crippen molar-refractivity contribution < 1.29 is 0 Å². The van der Waals surface area contributed by atoms with Gasteiger partial charge in [-0.05, 0) is 38.4 Å². The summed E-state index contributed by atoms with van der Waals surface area (Å²) in [4.78, 5) is 5.78. The van der Waals surface area contributed by atoms with Gasteiger partial charge in [-0.1, -0.05) is 20.8 Å². The molecule has 0 aliphatic rings. The number of aromatic nitrogens is 4. The largest absolute Gasteiger partial charge is 0.297 e. The Morgan fingerprint density at radius 3 is 2.63 bits per heavy atom. The van der Waals surface area contributed by atoms with E-state index < -0.39 is 0 Å². The van der Waals surface area contributed by atoms with Crippen molar-refractivity contribution in [3.05, 3.63) is 15.5 Å². The van der Waals surface area contributed by atoms with Crippen molar-refractivity contribution in [2.24, 2.45) is 0 Å². The van der Waals surface area contributed by atoms with E-state index in [1.54, 1.807) is 11.3 Å². The van der Waals surface area contributed by atoms with Gasteiger partial charge < -0.3 is 0 Å². The summed E-state index contributed by atoms with van der Waals surface area (Å²) >= 11 is 7.05. The molecule has 0 aliphatic heterocycles. The molecule has 4 nitrogen and oxygen atoms in total. The SMILES string of the molecule is CCC(C)n1c(-c2sc(C)nc2C(C)C)n[nH]c1=S. The van der Waals surface area contributed by atoms with Gasteiger partial charge in [0, 0.05) is 6.04 Å². The summed E-state index contributed by atoms with van der Waals surface area (Å²) in [5.41, 5.74) is 1.11. The van der Waals surface area contributed by atoms with E-state index in [0.717, 1.165) is 27.8 Å². The second-order valence-corrected chi connectivity index (χ2v) is 6.67. The molecular weight excluding hydrogens is 276 g/mol. The highest BCUT2D eigenvalue weighted by atomic mass is 32.1. The van der Waals surface area contributed by atoms with Crippen LogP contribution in [0.2, 0.25) is 0 Å². The van der Waals surface area contributed by atoms with Crippen LogP contribution in [0.3, 0.4) is 0 Å². The first-order chi connectivity index (χ1) is 8.95. The third kappa shape index (κ3) is 2.65. The first-order valence-electron chi connectivity index (χ1n) is 6.60. The van der Waals surface area contributed by atoms with Gasteiger partial charge in [0.15, 0.2) is 10.6 Å². The van der Waals surface area contributed by atoms with Crippen LogP contribution in [0, 0.1) is 11.7 Å². The minimum absolute atomic E-state index is 0.337. The van der Waals surface area contributed by atoms with Crippen LogP contribution in [0.4, 0.5) is 0 Å². The fourth-order valence-electron chi connectivity index (χ4n) is 2.05. The lowest BCUT2D eigenvalue weighted by atomic mass is 10.1. The van der Waals surface area contributed by atoms with E-state index in [-0.39, 0.29) is 0 Å². The number of aryl methyl sites for hydroxylation is 1. The van der Waals surface area contributed by atoms with Crippen molar-refractivity contribution in [1.82, 2.24) is 19.7 Å². The van der Waals surface area contributed by atoms with Gasteiger partial charge in [-0.25, -0.2) is 4.98 Å². The third-order valence-corrected chi connectivity index (χ3v) is 4.52. The molecule has 2 aromatic rings. The Bertz CT molecular complexity index is 621. The molecule has 2 heterocycles. The first-order valence-corrected chi connectivity index (χ1v) is 7.82. The van der Waals surface area contributed by atoms with Gasteiger partial charge in [-0.15, -0.1) is 11.3 Å². The summed E-state index contributed by atoms with van der Waals surface area (Å²) < 4.78 is 2.79. The number of H-pyrrole nitrogens is 1. The lowest BCUT2D eigenvalue weighted by molar-refractivity contribution is 0.528. The zero-order chi connectivity index (χ0) is 14.2. The van der Waals surface area contributed by atoms with Crippen LogP contribution in [0.1, 0.15) is 56.8 Å². The van der Waals surface area contributed by atoms with Gasteiger partial charge in [0.25, 0.3) is 0 Å². The van der Waals surface area contributed by atoms with Crippen LogP contribution in [-0.4, -0.2) is 19.7 Å². The normalized spacial score (nSPS) is 13.2. The molecule has 0 fully saturated rings. The summed E-state index contributed by atoms with van der Waals surface area (Å²) in [5.74, 6) is 1.31. The fourth-order valence-corrected chi connectivity index (χ4v) is 3.42. The second kappa shape index (κ2) is 5.54. The number of nitrogens with zero attached hydrogens (tertiary/aromatic N) is 3. The Morgan fingerprint density at radius 1 is 1.37 bits per heavy atom. The monoisotopic (exact) mass is 296 g/mol. The Hall–Kier alpha value is -1.01. The summed E-state index contributed by atoms with van der Waals surface area (Å²) in [6, 6.07) is 0.337. The summed E-state index contributed by atoms with van der Waals surface area (Å²) in [7, 11) is 0. The predicted octanol–water partition coefficient (Wildman–Crippen LogP) is 4.47. The molecule has 19 heavy (non-hydrogen) atoms. The van der Waals surface area contributed by atoms with Crippen molar-refractivity contribution in [2.45, 2.75) is 53.0 Å². The molecule has 0 aromatic carbocycles. The molecule has 0 spiro atoms. The van der Waals surface area contributed by atoms with Crippen molar-refractivity contribution in [2.75, 3.05) is 0 Å². The van der Waals surface area contributed by atoms with E-state index in [0.29, 0.717) is 16.7 Å². The minimum atomic E-state index is 0.337. The topological polar surface area (TPSA) is 46.5 Å². The van der Waals surface area contributed by atoms with Crippen molar-refractivity contribution >= 4 is 23.6 Å². The Labute approximate surface area is 122 Å². The van der Waals surface area contributed by atoms with E-state index in [9.17, 15) is 0 Å². The van der Waals surface area contributed by atoms with Crippen LogP contribution in [-0.2, 0) is 0 Å². The summed E-state index contributed by atoms with van der Waals surface area (Å²) in [6.45, 7) is 10.7.